The van der Waals surface area contributed by atoms with Crippen molar-refractivity contribution in [2.45, 2.75) is 0 Å². The van der Waals surface area contributed by atoms with Gasteiger partial charge in [0.25, 0.3) is 11.8 Å². The zero-order valence-corrected chi connectivity index (χ0v) is 19.8. The minimum Gasteiger partial charge on any atom is -0.457 e. The average Bonchev–Trinajstić information content (AvgIpc) is 2.90. The van der Waals surface area contributed by atoms with Gasteiger partial charge in [0, 0.05) is 0 Å². The van der Waals surface area contributed by atoms with Crippen LogP contribution in [0, 0.1) is 0 Å². The summed E-state index contributed by atoms with van der Waals surface area (Å²) in [6.07, 6.45) is 1.53. The number of carbonyl (C=O) groups is 2. The Kier molecular flexibility index (Phi) is 6.55. The zero-order chi connectivity index (χ0) is 24.9. The Labute approximate surface area is 213 Å². The number of benzene rings is 4. The van der Waals surface area contributed by atoms with Gasteiger partial charge in [0.05, 0.1) is 5.69 Å². The van der Waals surface area contributed by atoms with E-state index in [1.165, 1.54) is 11.0 Å². The summed E-state index contributed by atoms with van der Waals surface area (Å²) < 4.78 is 11.6. The molecule has 0 bridgehead atoms. The van der Waals surface area contributed by atoms with Crippen molar-refractivity contribution >= 4 is 40.9 Å². The van der Waals surface area contributed by atoms with E-state index in [9.17, 15) is 9.59 Å². The molecule has 7 heteroatoms. The van der Waals surface area contributed by atoms with Crippen molar-refractivity contribution in [3.8, 4) is 23.0 Å². The van der Waals surface area contributed by atoms with E-state index < -0.39 is 11.8 Å². The van der Waals surface area contributed by atoms with Gasteiger partial charge in [-0.05, 0) is 84.5 Å². The number of ether oxygens (including phenoxy) is 2. The van der Waals surface area contributed by atoms with Gasteiger partial charge in [-0.25, -0.2) is 0 Å². The fourth-order valence-electron chi connectivity index (χ4n) is 3.60. The van der Waals surface area contributed by atoms with Gasteiger partial charge < -0.3 is 9.47 Å². The molecular weight excluding hydrogens is 472 g/mol. The van der Waals surface area contributed by atoms with E-state index in [-0.39, 0.29) is 10.7 Å². The lowest BCUT2D eigenvalue weighted by Crippen LogP contribution is -2.54. The second-order valence-corrected chi connectivity index (χ2v) is 8.24. The fraction of sp³-hybridized carbons (Fsp3) is 0. The number of rotatable bonds is 6. The molecule has 0 unspecified atom stereocenters. The first kappa shape index (κ1) is 23.0. The van der Waals surface area contributed by atoms with Crippen LogP contribution >= 0.6 is 12.2 Å². The van der Waals surface area contributed by atoms with Crippen LogP contribution in [0.15, 0.2) is 115 Å². The van der Waals surface area contributed by atoms with E-state index in [2.05, 4.69) is 5.32 Å². The maximum Gasteiger partial charge on any atom is 0.270 e. The second-order valence-electron chi connectivity index (χ2n) is 7.85. The minimum atomic E-state index is -0.546. The van der Waals surface area contributed by atoms with Crippen molar-refractivity contribution in [2.24, 2.45) is 0 Å². The lowest BCUT2D eigenvalue weighted by atomic mass is 10.1. The van der Waals surface area contributed by atoms with Crippen molar-refractivity contribution in [1.82, 2.24) is 5.32 Å². The quantitative estimate of drug-likeness (QED) is 0.200. The molecule has 0 atom stereocenters. The topological polar surface area (TPSA) is 67.9 Å². The molecular formula is C29H20N2O4S. The van der Waals surface area contributed by atoms with Gasteiger partial charge in [0.15, 0.2) is 5.11 Å². The fourth-order valence-corrected chi connectivity index (χ4v) is 3.88. The van der Waals surface area contributed by atoms with Crippen LogP contribution in [-0.4, -0.2) is 16.9 Å². The van der Waals surface area contributed by atoms with Crippen LogP contribution in [0.1, 0.15) is 5.56 Å². The third-order valence-corrected chi connectivity index (χ3v) is 5.63. The highest BCUT2D eigenvalue weighted by Crippen LogP contribution is 2.27. The molecule has 36 heavy (non-hydrogen) atoms. The van der Waals surface area contributed by atoms with Gasteiger partial charge in [-0.15, -0.1) is 0 Å². The summed E-state index contributed by atoms with van der Waals surface area (Å²) in [6, 6.07) is 32.8. The first-order valence-electron chi connectivity index (χ1n) is 11.1. The Morgan fingerprint density at radius 3 is 1.64 bits per heavy atom. The molecule has 1 N–H and O–H groups in total. The molecule has 0 spiro atoms. The van der Waals surface area contributed by atoms with E-state index in [0.717, 1.165) is 5.75 Å². The van der Waals surface area contributed by atoms with Crippen LogP contribution in [0.2, 0.25) is 0 Å². The Hall–Kier alpha value is -4.75. The predicted molar refractivity (Wildman–Crippen MR) is 142 cm³/mol. The maximum absolute atomic E-state index is 13.3. The van der Waals surface area contributed by atoms with Gasteiger partial charge >= 0.3 is 0 Å². The number of para-hydroxylation sites is 2. The summed E-state index contributed by atoms with van der Waals surface area (Å²) in [5, 5.41) is 2.62. The van der Waals surface area contributed by atoms with Gasteiger partial charge in [0.1, 0.15) is 28.6 Å². The number of hydrogen-bond donors (Lipinski definition) is 1. The number of nitrogens with zero attached hydrogens (tertiary/aromatic N) is 1. The molecule has 1 aliphatic rings. The molecule has 1 saturated heterocycles. The largest absolute Gasteiger partial charge is 0.457 e. The summed E-state index contributed by atoms with van der Waals surface area (Å²) in [6.45, 7) is 0. The molecule has 0 aromatic heterocycles. The highest BCUT2D eigenvalue weighted by Gasteiger charge is 2.34. The normalized spacial score (nSPS) is 14.5. The SMILES string of the molecule is O=C1NC(=S)N(c2ccc(Oc3ccccc3)cc2)C(=O)C1=Cc1ccc(Oc2ccccc2)cc1. The Morgan fingerprint density at radius 2 is 1.11 bits per heavy atom. The Bertz CT molecular complexity index is 1430. The summed E-state index contributed by atoms with van der Waals surface area (Å²) in [5.41, 5.74) is 1.17. The molecule has 4 aromatic rings. The molecule has 5 rings (SSSR count). The monoisotopic (exact) mass is 492 g/mol. The number of hydrogen-bond acceptors (Lipinski definition) is 5. The molecule has 1 heterocycles. The molecule has 1 fully saturated rings. The van der Waals surface area contributed by atoms with Crippen molar-refractivity contribution in [3.05, 3.63) is 120 Å². The van der Waals surface area contributed by atoms with E-state index >= 15 is 0 Å². The standard InChI is InChI=1S/C29H20N2O4S/c32-27-26(19-20-11-15-24(16-12-20)34-22-7-3-1-4-8-22)28(33)31(29(36)30-27)21-13-17-25(18-14-21)35-23-9-5-2-6-10-23/h1-19H,(H,30,32,36). The van der Waals surface area contributed by atoms with Gasteiger partial charge in [-0.2, -0.15) is 0 Å². The highest BCUT2D eigenvalue weighted by atomic mass is 32.1. The molecule has 2 amide bonds. The van der Waals surface area contributed by atoms with Crippen LogP contribution in [-0.2, 0) is 9.59 Å². The third kappa shape index (κ3) is 5.16. The number of amides is 2. The van der Waals surface area contributed by atoms with Crippen LogP contribution in [0.25, 0.3) is 6.08 Å². The molecule has 4 aromatic carbocycles. The minimum absolute atomic E-state index is 0.0190. The smallest absolute Gasteiger partial charge is 0.270 e. The summed E-state index contributed by atoms with van der Waals surface area (Å²) in [7, 11) is 0. The van der Waals surface area contributed by atoms with Crippen molar-refractivity contribution in [2.75, 3.05) is 4.90 Å². The lowest BCUT2D eigenvalue weighted by molar-refractivity contribution is -0.122. The first-order chi connectivity index (χ1) is 17.6. The molecule has 176 valence electrons. The first-order valence-corrected chi connectivity index (χ1v) is 11.5. The summed E-state index contributed by atoms with van der Waals surface area (Å²) in [5.74, 6) is 1.61. The second kappa shape index (κ2) is 10.2. The van der Waals surface area contributed by atoms with Crippen molar-refractivity contribution in [3.63, 3.8) is 0 Å². The van der Waals surface area contributed by atoms with Crippen LogP contribution in [0.3, 0.4) is 0 Å². The third-order valence-electron chi connectivity index (χ3n) is 5.35. The zero-order valence-electron chi connectivity index (χ0n) is 19.0. The molecule has 6 nitrogen and oxygen atoms in total. The maximum atomic E-state index is 13.3. The molecule has 0 radical (unpaired) electrons. The van der Waals surface area contributed by atoms with Gasteiger partial charge in [-0.3, -0.25) is 19.8 Å². The number of anilines is 1. The van der Waals surface area contributed by atoms with E-state index in [1.807, 2.05) is 60.7 Å². The van der Waals surface area contributed by atoms with Crippen LogP contribution < -0.4 is 19.7 Å². The van der Waals surface area contributed by atoms with E-state index in [4.69, 9.17) is 21.7 Å². The highest BCUT2D eigenvalue weighted by molar-refractivity contribution is 7.80. The van der Waals surface area contributed by atoms with Crippen molar-refractivity contribution < 1.29 is 19.1 Å². The van der Waals surface area contributed by atoms with Gasteiger partial charge in [0.2, 0.25) is 0 Å². The molecule has 0 aliphatic carbocycles. The van der Waals surface area contributed by atoms with Crippen LogP contribution in [0.4, 0.5) is 5.69 Å². The average molecular weight is 493 g/mol. The van der Waals surface area contributed by atoms with E-state index in [0.29, 0.717) is 28.5 Å². The lowest BCUT2D eigenvalue weighted by Gasteiger charge is -2.29. The number of thiocarbonyl (C=S) groups is 1. The van der Waals surface area contributed by atoms with Crippen LogP contribution in [0.5, 0.6) is 23.0 Å². The van der Waals surface area contributed by atoms with Gasteiger partial charge in [-0.1, -0.05) is 48.5 Å². The number of nitrogens with one attached hydrogen (secondary N) is 1. The predicted octanol–water partition coefficient (Wildman–Crippen LogP) is 6.10. The summed E-state index contributed by atoms with van der Waals surface area (Å²) >= 11 is 5.30. The Balaban J connectivity index is 1.34. The number of carbonyl (C=O) groups excluding carboxylic acids is 2. The van der Waals surface area contributed by atoms with E-state index in [1.54, 1.807) is 48.5 Å². The molecule has 1 aliphatic heterocycles. The van der Waals surface area contributed by atoms with Crippen molar-refractivity contribution in [1.29, 1.82) is 0 Å². The Morgan fingerprint density at radius 1 is 0.639 bits per heavy atom. The molecule has 0 saturated carbocycles. The summed E-state index contributed by atoms with van der Waals surface area (Å²) in [4.78, 5) is 27.2.